The number of nitrogens with one attached hydrogen (secondary N) is 1. The molecule has 1 rings (SSSR count). The van der Waals surface area contributed by atoms with Gasteiger partial charge in [-0.05, 0) is 38.4 Å². The minimum atomic E-state index is 0.625. The van der Waals surface area contributed by atoms with Gasteiger partial charge in [-0.3, -0.25) is 4.90 Å². The Kier molecular flexibility index (Phi) is 7.86. The lowest BCUT2D eigenvalue weighted by molar-refractivity contribution is 0.213. The highest BCUT2D eigenvalue weighted by molar-refractivity contribution is 5.21. The van der Waals surface area contributed by atoms with Crippen LogP contribution in [0.4, 0.5) is 0 Å². The van der Waals surface area contributed by atoms with Crippen molar-refractivity contribution in [2.75, 3.05) is 20.1 Å². The molecule has 20 heavy (non-hydrogen) atoms. The van der Waals surface area contributed by atoms with Crippen molar-refractivity contribution in [2.45, 2.75) is 53.1 Å². The van der Waals surface area contributed by atoms with E-state index in [0.717, 1.165) is 25.6 Å². The predicted molar refractivity (Wildman–Crippen MR) is 89.0 cm³/mol. The number of hydrogen-bond donors (Lipinski definition) is 1. The van der Waals surface area contributed by atoms with Crippen LogP contribution in [0.1, 0.15) is 44.7 Å². The van der Waals surface area contributed by atoms with Gasteiger partial charge in [0.05, 0.1) is 0 Å². The maximum Gasteiger partial charge on any atom is 0.0234 e. The van der Waals surface area contributed by atoms with E-state index in [1.54, 1.807) is 0 Å². The summed E-state index contributed by atoms with van der Waals surface area (Å²) < 4.78 is 0. The van der Waals surface area contributed by atoms with Crippen LogP contribution in [0.3, 0.4) is 0 Å². The molecule has 0 radical (unpaired) electrons. The minimum Gasteiger partial charge on any atom is -0.315 e. The summed E-state index contributed by atoms with van der Waals surface area (Å²) in [5.41, 5.74) is 2.74. The molecule has 114 valence electrons. The van der Waals surface area contributed by atoms with Gasteiger partial charge in [0.2, 0.25) is 0 Å². The minimum absolute atomic E-state index is 0.625. The zero-order valence-electron chi connectivity index (χ0n) is 13.9. The highest BCUT2D eigenvalue weighted by Gasteiger charge is 2.14. The van der Waals surface area contributed by atoms with Crippen molar-refractivity contribution < 1.29 is 0 Å². The second-order valence-electron chi connectivity index (χ2n) is 6.40. The van der Waals surface area contributed by atoms with E-state index in [1.807, 2.05) is 0 Å². The fourth-order valence-electron chi connectivity index (χ4n) is 2.46. The van der Waals surface area contributed by atoms with Crippen LogP contribution in [-0.4, -0.2) is 31.1 Å². The molecular formula is C18H32N2. The first-order chi connectivity index (χ1) is 9.52. The smallest absolute Gasteiger partial charge is 0.0234 e. The largest absolute Gasteiger partial charge is 0.315 e. The first-order valence-corrected chi connectivity index (χ1v) is 7.99. The Morgan fingerprint density at radius 1 is 1.10 bits per heavy atom. The van der Waals surface area contributed by atoms with Crippen molar-refractivity contribution >= 4 is 0 Å². The molecule has 1 N–H and O–H groups in total. The summed E-state index contributed by atoms with van der Waals surface area (Å²) in [4.78, 5) is 2.49. The first kappa shape index (κ1) is 17.2. The van der Waals surface area contributed by atoms with Gasteiger partial charge in [-0.25, -0.2) is 0 Å². The van der Waals surface area contributed by atoms with Crippen LogP contribution in [0.25, 0.3) is 0 Å². The second-order valence-corrected chi connectivity index (χ2v) is 6.40. The average Bonchev–Trinajstić information content (AvgIpc) is 2.40. The van der Waals surface area contributed by atoms with Gasteiger partial charge < -0.3 is 5.32 Å². The average molecular weight is 276 g/mol. The van der Waals surface area contributed by atoms with Gasteiger partial charge in [0, 0.05) is 19.1 Å². The van der Waals surface area contributed by atoms with E-state index in [0.29, 0.717) is 6.04 Å². The molecule has 0 aliphatic carbocycles. The summed E-state index contributed by atoms with van der Waals surface area (Å²) in [6.45, 7) is 12.2. The number of rotatable bonds is 9. The highest BCUT2D eigenvalue weighted by atomic mass is 15.1. The van der Waals surface area contributed by atoms with Crippen LogP contribution >= 0.6 is 0 Å². The summed E-state index contributed by atoms with van der Waals surface area (Å²) in [6, 6.07) is 9.52. The predicted octanol–water partition coefficient (Wildman–Crippen LogP) is 3.84. The van der Waals surface area contributed by atoms with Crippen molar-refractivity contribution in [3.63, 3.8) is 0 Å². The Bertz CT molecular complexity index is 356. The van der Waals surface area contributed by atoms with E-state index in [4.69, 9.17) is 0 Å². The van der Waals surface area contributed by atoms with Gasteiger partial charge in [0.25, 0.3) is 0 Å². The van der Waals surface area contributed by atoms with Crippen LogP contribution in [0.15, 0.2) is 24.3 Å². The van der Waals surface area contributed by atoms with Crippen molar-refractivity contribution in [1.29, 1.82) is 0 Å². The highest BCUT2D eigenvalue weighted by Crippen LogP contribution is 2.11. The molecule has 0 aromatic heterocycles. The number of aryl methyl sites for hydroxylation is 1. The Balaban J connectivity index is 2.49. The van der Waals surface area contributed by atoms with Crippen molar-refractivity contribution in [3.8, 4) is 0 Å². The molecule has 2 heteroatoms. The third kappa shape index (κ3) is 6.53. The molecule has 1 atom stereocenters. The molecule has 2 nitrogen and oxygen atoms in total. The molecule has 0 spiro atoms. The number of likely N-dealkylation sites (N-methyl/N-ethyl adjacent to an activating group) is 1. The van der Waals surface area contributed by atoms with Crippen LogP contribution in [0, 0.1) is 12.8 Å². The number of nitrogens with zero attached hydrogens (tertiary/aromatic N) is 1. The molecule has 0 aliphatic rings. The Labute approximate surface area is 125 Å². The standard InChI is InChI=1S/C18H32N2/c1-6-7-18(13-19-12-15(2)3)20(5)14-17-10-8-16(4)9-11-17/h8-11,15,18-19H,6-7,12-14H2,1-5H3. The normalized spacial score (nSPS) is 13.2. The summed E-state index contributed by atoms with van der Waals surface area (Å²) in [5, 5.41) is 3.60. The Hall–Kier alpha value is -0.860. The molecule has 0 amide bonds. The van der Waals surface area contributed by atoms with Crippen LogP contribution < -0.4 is 5.32 Å². The Morgan fingerprint density at radius 3 is 2.30 bits per heavy atom. The summed E-state index contributed by atoms with van der Waals surface area (Å²) in [5.74, 6) is 0.722. The van der Waals surface area contributed by atoms with Gasteiger partial charge in [-0.2, -0.15) is 0 Å². The molecule has 0 aliphatic heterocycles. The molecule has 0 saturated carbocycles. The fourth-order valence-corrected chi connectivity index (χ4v) is 2.46. The first-order valence-electron chi connectivity index (χ1n) is 7.99. The van der Waals surface area contributed by atoms with E-state index in [-0.39, 0.29) is 0 Å². The molecule has 0 fully saturated rings. The molecule has 1 aromatic rings. The molecule has 0 bridgehead atoms. The lowest BCUT2D eigenvalue weighted by Crippen LogP contribution is -2.40. The van der Waals surface area contributed by atoms with E-state index in [2.05, 4.69) is 69.2 Å². The molecule has 0 saturated heterocycles. The van der Waals surface area contributed by atoms with Gasteiger partial charge in [0.1, 0.15) is 0 Å². The molecular weight excluding hydrogens is 244 g/mol. The Morgan fingerprint density at radius 2 is 1.75 bits per heavy atom. The zero-order chi connectivity index (χ0) is 15.0. The molecule has 1 unspecified atom stereocenters. The zero-order valence-corrected chi connectivity index (χ0v) is 13.9. The lowest BCUT2D eigenvalue weighted by atomic mass is 10.1. The summed E-state index contributed by atoms with van der Waals surface area (Å²) in [7, 11) is 2.25. The fraction of sp³-hybridized carbons (Fsp3) is 0.667. The van der Waals surface area contributed by atoms with E-state index in [9.17, 15) is 0 Å². The van der Waals surface area contributed by atoms with Crippen LogP contribution in [0.5, 0.6) is 0 Å². The lowest BCUT2D eigenvalue weighted by Gasteiger charge is -2.28. The SMILES string of the molecule is CCCC(CNCC(C)C)N(C)Cc1ccc(C)cc1. The van der Waals surface area contributed by atoms with Gasteiger partial charge in [-0.1, -0.05) is 57.0 Å². The van der Waals surface area contributed by atoms with Gasteiger partial charge in [0.15, 0.2) is 0 Å². The molecule has 0 heterocycles. The maximum absolute atomic E-state index is 3.60. The van der Waals surface area contributed by atoms with Crippen LogP contribution in [-0.2, 0) is 6.54 Å². The number of hydrogen-bond acceptors (Lipinski definition) is 2. The van der Waals surface area contributed by atoms with Crippen molar-refractivity contribution in [2.24, 2.45) is 5.92 Å². The summed E-state index contributed by atoms with van der Waals surface area (Å²) >= 11 is 0. The second kappa shape index (κ2) is 9.15. The van der Waals surface area contributed by atoms with Crippen molar-refractivity contribution in [1.82, 2.24) is 10.2 Å². The summed E-state index contributed by atoms with van der Waals surface area (Å²) in [6.07, 6.45) is 2.50. The third-order valence-corrected chi connectivity index (χ3v) is 3.73. The van der Waals surface area contributed by atoms with Gasteiger partial charge in [-0.15, -0.1) is 0 Å². The van der Waals surface area contributed by atoms with E-state index in [1.165, 1.54) is 24.0 Å². The van der Waals surface area contributed by atoms with Crippen LogP contribution in [0.2, 0.25) is 0 Å². The third-order valence-electron chi connectivity index (χ3n) is 3.73. The topological polar surface area (TPSA) is 15.3 Å². The van der Waals surface area contributed by atoms with E-state index < -0.39 is 0 Å². The monoisotopic (exact) mass is 276 g/mol. The van der Waals surface area contributed by atoms with Crippen molar-refractivity contribution in [3.05, 3.63) is 35.4 Å². The number of benzene rings is 1. The van der Waals surface area contributed by atoms with Gasteiger partial charge >= 0.3 is 0 Å². The van der Waals surface area contributed by atoms with E-state index >= 15 is 0 Å². The molecule has 1 aromatic carbocycles. The quantitative estimate of drug-likeness (QED) is 0.737. The maximum atomic E-state index is 3.60.